The Hall–Kier alpha value is -2.50. The molecule has 104 valence electrons. The Morgan fingerprint density at radius 3 is 2.55 bits per heavy atom. The predicted molar refractivity (Wildman–Crippen MR) is 70.1 cm³/mol. The number of likely N-dealkylation sites (tertiary alicyclic amines) is 1. The van der Waals surface area contributed by atoms with Crippen LogP contribution in [0.1, 0.15) is 19.8 Å². The highest BCUT2D eigenvalue weighted by Gasteiger charge is 2.45. The third-order valence-electron chi connectivity index (χ3n) is 3.23. The molecular formula is C14H14N2O4. The highest BCUT2D eigenvalue weighted by molar-refractivity contribution is 6.26. The van der Waals surface area contributed by atoms with E-state index in [4.69, 9.17) is 0 Å². The van der Waals surface area contributed by atoms with Crippen LogP contribution < -0.4 is 5.32 Å². The van der Waals surface area contributed by atoms with E-state index in [0.717, 1.165) is 4.90 Å². The molecule has 0 bridgehead atoms. The van der Waals surface area contributed by atoms with E-state index < -0.39 is 29.7 Å². The van der Waals surface area contributed by atoms with Gasteiger partial charge in [-0.1, -0.05) is 18.7 Å². The standard InChI is InChI=1S/C14H14N2O4/c1-3-4-5-9-8(2)13(19)16(14(9)20)10-6-7-11(17)15-12(10)18/h3-5,10H,2,6-7H2,1H3,(H,15,17,18)/b4-3-,9-5+/t10-/m1/s1. The first kappa shape index (κ1) is 13.9. The van der Waals surface area contributed by atoms with Crippen LogP contribution in [0, 0.1) is 0 Å². The molecule has 2 heterocycles. The fourth-order valence-corrected chi connectivity index (χ4v) is 2.19. The van der Waals surface area contributed by atoms with E-state index in [1.165, 1.54) is 6.08 Å². The first-order valence-electron chi connectivity index (χ1n) is 6.21. The van der Waals surface area contributed by atoms with E-state index in [1.807, 2.05) is 0 Å². The van der Waals surface area contributed by atoms with Gasteiger partial charge in [0, 0.05) is 12.0 Å². The van der Waals surface area contributed by atoms with Gasteiger partial charge in [-0.2, -0.15) is 0 Å². The zero-order valence-electron chi connectivity index (χ0n) is 11.0. The molecule has 2 aliphatic heterocycles. The Kier molecular flexibility index (Phi) is 3.65. The van der Waals surface area contributed by atoms with Gasteiger partial charge in [0.2, 0.25) is 11.8 Å². The number of carbonyl (C=O) groups excluding carboxylic acids is 4. The summed E-state index contributed by atoms with van der Waals surface area (Å²) < 4.78 is 0. The molecule has 0 aromatic heterocycles. The van der Waals surface area contributed by atoms with Crippen molar-refractivity contribution < 1.29 is 19.2 Å². The second-order valence-corrected chi connectivity index (χ2v) is 4.53. The number of nitrogens with zero attached hydrogens (tertiary/aromatic N) is 1. The van der Waals surface area contributed by atoms with Crippen LogP contribution in [0.5, 0.6) is 0 Å². The van der Waals surface area contributed by atoms with Gasteiger partial charge in [0.15, 0.2) is 0 Å². The van der Waals surface area contributed by atoms with E-state index >= 15 is 0 Å². The average Bonchev–Trinajstić information content (AvgIpc) is 2.60. The average molecular weight is 274 g/mol. The van der Waals surface area contributed by atoms with Crippen molar-refractivity contribution in [2.75, 3.05) is 0 Å². The maximum absolute atomic E-state index is 12.2. The summed E-state index contributed by atoms with van der Waals surface area (Å²) in [6.07, 6.45) is 5.08. The SMILES string of the molecule is C=C1C(=O)N([C@@H]2CCC(=O)NC2=O)C(=O)/C1=C/C=C\C. The first-order chi connectivity index (χ1) is 9.47. The molecule has 1 atom stereocenters. The summed E-state index contributed by atoms with van der Waals surface area (Å²) in [6, 6.07) is -0.944. The summed E-state index contributed by atoms with van der Waals surface area (Å²) in [6.45, 7) is 5.37. The van der Waals surface area contributed by atoms with E-state index in [1.54, 1.807) is 19.1 Å². The minimum absolute atomic E-state index is 0.0674. The van der Waals surface area contributed by atoms with Crippen molar-refractivity contribution in [2.45, 2.75) is 25.8 Å². The molecule has 0 spiro atoms. The molecule has 0 unspecified atom stereocenters. The second-order valence-electron chi connectivity index (χ2n) is 4.53. The van der Waals surface area contributed by atoms with Gasteiger partial charge in [-0.25, -0.2) is 0 Å². The van der Waals surface area contributed by atoms with Crippen molar-refractivity contribution in [1.29, 1.82) is 0 Å². The van der Waals surface area contributed by atoms with Crippen LogP contribution in [0.15, 0.2) is 36.0 Å². The van der Waals surface area contributed by atoms with Crippen LogP contribution in [0.4, 0.5) is 0 Å². The molecule has 4 amide bonds. The smallest absolute Gasteiger partial charge is 0.262 e. The third kappa shape index (κ3) is 2.20. The molecule has 2 saturated heterocycles. The largest absolute Gasteiger partial charge is 0.295 e. The van der Waals surface area contributed by atoms with E-state index in [2.05, 4.69) is 11.9 Å². The zero-order chi connectivity index (χ0) is 14.9. The molecule has 0 aromatic rings. The lowest BCUT2D eigenvalue weighted by Gasteiger charge is -2.27. The molecule has 20 heavy (non-hydrogen) atoms. The molecule has 0 aromatic carbocycles. The molecule has 0 aliphatic carbocycles. The summed E-state index contributed by atoms with van der Waals surface area (Å²) in [7, 11) is 0. The lowest BCUT2D eigenvalue weighted by molar-refractivity contribution is -0.149. The van der Waals surface area contributed by atoms with Crippen molar-refractivity contribution >= 4 is 23.6 Å². The number of hydrogen-bond donors (Lipinski definition) is 1. The summed E-state index contributed by atoms with van der Waals surface area (Å²) in [5.74, 6) is -2.15. The normalized spacial score (nSPS) is 26.1. The minimum Gasteiger partial charge on any atom is -0.295 e. The van der Waals surface area contributed by atoms with Crippen LogP contribution in [0.25, 0.3) is 0 Å². The van der Waals surface area contributed by atoms with Crippen LogP contribution >= 0.6 is 0 Å². The molecule has 6 nitrogen and oxygen atoms in total. The lowest BCUT2D eigenvalue weighted by Crippen LogP contribution is -2.54. The molecule has 6 heteroatoms. The number of rotatable bonds is 2. The lowest BCUT2D eigenvalue weighted by atomic mass is 10.0. The molecular weight excluding hydrogens is 260 g/mol. The van der Waals surface area contributed by atoms with Gasteiger partial charge in [0.1, 0.15) is 6.04 Å². The second kappa shape index (κ2) is 5.24. The highest BCUT2D eigenvalue weighted by Crippen LogP contribution is 2.28. The Bertz CT molecular complexity index is 586. The Morgan fingerprint density at radius 1 is 1.25 bits per heavy atom. The number of nitrogens with one attached hydrogen (secondary N) is 1. The van der Waals surface area contributed by atoms with Crippen molar-refractivity contribution in [2.24, 2.45) is 0 Å². The number of carbonyl (C=O) groups is 4. The molecule has 2 fully saturated rings. The molecule has 0 saturated carbocycles. The highest BCUT2D eigenvalue weighted by atomic mass is 16.2. The van der Waals surface area contributed by atoms with Crippen molar-refractivity contribution in [1.82, 2.24) is 10.2 Å². The van der Waals surface area contributed by atoms with Crippen LogP contribution in [0.2, 0.25) is 0 Å². The van der Waals surface area contributed by atoms with Crippen LogP contribution in [-0.2, 0) is 19.2 Å². The van der Waals surface area contributed by atoms with Gasteiger partial charge in [-0.15, -0.1) is 0 Å². The number of imide groups is 2. The maximum Gasteiger partial charge on any atom is 0.262 e. The van der Waals surface area contributed by atoms with Crippen molar-refractivity contribution in [3.05, 3.63) is 36.0 Å². The first-order valence-corrected chi connectivity index (χ1v) is 6.21. The quantitative estimate of drug-likeness (QED) is 0.576. The molecule has 2 aliphatic rings. The maximum atomic E-state index is 12.2. The fourth-order valence-electron chi connectivity index (χ4n) is 2.19. The van der Waals surface area contributed by atoms with Crippen LogP contribution in [0.3, 0.4) is 0 Å². The summed E-state index contributed by atoms with van der Waals surface area (Å²) in [4.78, 5) is 48.1. The number of piperidine rings is 1. The molecule has 1 N–H and O–H groups in total. The van der Waals surface area contributed by atoms with Crippen LogP contribution in [-0.4, -0.2) is 34.6 Å². The number of allylic oxidation sites excluding steroid dienone is 3. The van der Waals surface area contributed by atoms with Gasteiger partial charge in [0.25, 0.3) is 11.8 Å². The molecule has 0 radical (unpaired) electrons. The monoisotopic (exact) mass is 274 g/mol. The number of amides is 4. The van der Waals surface area contributed by atoms with Gasteiger partial charge in [-0.05, 0) is 19.4 Å². The van der Waals surface area contributed by atoms with Gasteiger partial charge >= 0.3 is 0 Å². The van der Waals surface area contributed by atoms with Gasteiger partial charge in [0.05, 0.1) is 5.57 Å². The Balaban J connectivity index is 2.31. The minimum atomic E-state index is -0.944. The van der Waals surface area contributed by atoms with E-state index in [-0.39, 0.29) is 24.0 Å². The summed E-state index contributed by atoms with van der Waals surface area (Å²) >= 11 is 0. The van der Waals surface area contributed by atoms with Gasteiger partial charge in [-0.3, -0.25) is 29.4 Å². The number of hydrogen-bond acceptors (Lipinski definition) is 4. The Morgan fingerprint density at radius 2 is 1.95 bits per heavy atom. The summed E-state index contributed by atoms with van der Waals surface area (Å²) in [5, 5.41) is 2.13. The Labute approximate surface area is 115 Å². The summed E-state index contributed by atoms with van der Waals surface area (Å²) in [5.41, 5.74) is 0.246. The van der Waals surface area contributed by atoms with E-state index in [0.29, 0.717) is 0 Å². The molecule has 2 rings (SSSR count). The van der Waals surface area contributed by atoms with Crippen molar-refractivity contribution in [3.8, 4) is 0 Å². The zero-order valence-corrected chi connectivity index (χ0v) is 11.0. The van der Waals surface area contributed by atoms with Gasteiger partial charge < -0.3 is 0 Å². The third-order valence-corrected chi connectivity index (χ3v) is 3.23. The fraction of sp³-hybridized carbons (Fsp3) is 0.286. The topological polar surface area (TPSA) is 83.6 Å². The van der Waals surface area contributed by atoms with Crippen molar-refractivity contribution in [3.63, 3.8) is 0 Å². The van der Waals surface area contributed by atoms with E-state index in [9.17, 15) is 19.2 Å². The predicted octanol–water partition coefficient (Wildman–Crippen LogP) is 0.219.